The molecule has 0 spiro atoms. The number of hydrogen-bond donors (Lipinski definition) is 1. The lowest BCUT2D eigenvalue weighted by atomic mass is 9.68. The molecular formula is C19H24N4O2. The predicted octanol–water partition coefficient (Wildman–Crippen LogP) is 1.91. The summed E-state index contributed by atoms with van der Waals surface area (Å²) in [6, 6.07) is 2.15. The first kappa shape index (κ1) is 15.2. The molecule has 2 aromatic heterocycles. The summed E-state index contributed by atoms with van der Waals surface area (Å²) >= 11 is 0. The number of hydrogen-bond acceptors (Lipinski definition) is 3. The fraction of sp³-hybridized carbons (Fsp3) is 0.632. The zero-order valence-corrected chi connectivity index (χ0v) is 14.6. The minimum atomic E-state index is -0.151. The third-order valence-electron chi connectivity index (χ3n) is 6.60. The third-order valence-corrected chi connectivity index (χ3v) is 6.60. The largest absolute Gasteiger partial charge is 0.339 e. The quantitative estimate of drug-likeness (QED) is 0.908. The number of carbonyl (C=O) groups is 1. The average Bonchev–Trinajstić information content (AvgIpc) is 2.94. The van der Waals surface area contributed by atoms with Crippen LogP contribution in [0.3, 0.4) is 0 Å². The monoisotopic (exact) mass is 340 g/mol. The number of nitrogens with zero attached hydrogens (tertiary/aromatic N) is 3. The van der Waals surface area contributed by atoms with Gasteiger partial charge in [0.1, 0.15) is 0 Å². The lowest BCUT2D eigenvalue weighted by Gasteiger charge is -2.39. The first-order chi connectivity index (χ1) is 12.1. The summed E-state index contributed by atoms with van der Waals surface area (Å²) in [5.41, 5.74) is 1.64. The van der Waals surface area contributed by atoms with Gasteiger partial charge in [0.2, 0.25) is 5.91 Å². The van der Waals surface area contributed by atoms with Crippen LogP contribution in [0.5, 0.6) is 0 Å². The Morgan fingerprint density at radius 1 is 1.20 bits per heavy atom. The summed E-state index contributed by atoms with van der Waals surface area (Å²) in [6.07, 6.45) is 8.11. The van der Waals surface area contributed by atoms with E-state index in [-0.39, 0.29) is 17.9 Å². The van der Waals surface area contributed by atoms with Crippen molar-refractivity contribution in [1.29, 1.82) is 0 Å². The van der Waals surface area contributed by atoms with Gasteiger partial charge in [0.15, 0.2) is 5.65 Å². The summed E-state index contributed by atoms with van der Waals surface area (Å²) in [5, 5.41) is 2.88. The summed E-state index contributed by atoms with van der Waals surface area (Å²) in [7, 11) is 0. The molecule has 6 nitrogen and oxygen atoms in total. The predicted molar refractivity (Wildman–Crippen MR) is 93.3 cm³/mol. The summed E-state index contributed by atoms with van der Waals surface area (Å²) in [5.74, 6) is 2.38. The lowest BCUT2D eigenvalue weighted by Crippen LogP contribution is -2.43. The van der Waals surface area contributed by atoms with Crippen molar-refractivity contribution in [3.05, 3.63) is 33.9 Å². The second-order valence-corrected chi connectivity index (χ2v) is 8.29. The van der Waals surface area contributed by atoms with E-state index in [1.807, 2.05) is 6.92 Å². The Morgan fingerprint density at radius 2 is 1.92 bits per heavy atom. The van der Waals surface area contributed by atoms with E-state index in [9.17, 15) is 9.59 Å². The highest BCUT2D eigenvalue weighted by Crippen LogP contribution is 2.47. The van der Waals surface area contributed by atoms with Crippen molar-refractivity contribution < 1.29 is 4.79 Å². The van der Waals surface area contributed by atoms with Gasteiger partial charge in [-0.2, -0.15) is 0 Å². The summed E-state index contributed by atoms with van der Waals surface area (Å²) < 4.78 is 1.42. The van der Waals surface area contributed by atoms with E-state index >= 15 is 0 Å². The molecule has 4 aliphatic rings. The molecule has 1 N–H and O–H groups in total. The normalized spacial score (nSPS) is 30.8. The van der Waals surface area contributed by atoms with Crippen LogP contribution >= 0.6 is 0 Å². The average molecular weight is 340 g/mol. The molecule has 6 heteroatoms. The van der Waals surface area contributed by atoms with Crippen molar-refractivity contribution in [2.75, 3.05) is 6.54 Å². The number of carbonyl (C=O) groups excluding carboxylic acids is 1. The number of fused-ring (bicyclic) bond motifs is 2. The third kappa shape index (κ3) is 2.41. The fourth-order valence-corrected chi connectivity index (χ4v) is 5.65. The molecule has 4 fully saturated rings. The zero-order valence-electron chi connectivity index (χ0n) is 14.6. The molecule has 4 bridgehead atoms. The molecule has 2 aliphatic heterocycles. The van der Waals surface area contributed by atoms with Gasteiger partial charge in [0.25, 0.3) is 5.56 Å². The second kappa shape index (κ2) is 5.44. The molecule has 0 aromatic carbocycles. The van der Waals surface area contributed by atoms with Crippen LogP contribution in [0.4, 0.5) is 0 Å². The van der Waals surface area contributed by atoms with Crippen molar-refractivity contribution in [1.82, 2.24) is 19.5 Å². The van der Waals surface area contributed by atoms with Gasteiger partial charge in [0.05, 0.1) is 6.42 Å². The van der Waals surface area contributed by atoms with E-state index in [0.29, 0.717) is 28.9 Å². The Labute approximate surface area is 146 Å². The van der Waals surface area contributed by atoms with Crippen LogP contribution in [0, 0.1) is 24.7 Å². The van der Waals surface area contributed by atoms with Crippen molar-refractivity contribution in [2.24, 2.45) is 17.8 Å². The first-order valence-corrected chi connectivity index (χ1v) is 9.43. The molecule has 2 atom stereocenters. The fourth-order valence-electron chi connectivity index (χ4n) is 5.65. The number of H-pyrrole nitrogens is 1. The highest BCUT2D eigenvalue weighted by molar-refractivity contribution is 5.79. The Kier molecular flexibility index (Phi) is 3.30. The summed E-state index contributed by atoms with van der Waals surface area (Å²) in [4.78, 5) is 32.4. The molecule has 2 aliphatic carbocycles. The second-order valence-electron chi connectivity index (χ2n) is 8.29. The van der Waals surface area contributed by atoms with Gasteiger partial charge in [-0.15, -0.1) is 0 Å². The highest BCUT2D eigenvalue weighted by Gasteiger charge is 2.44. The number of amides is 1. The first-order valence-electron chi connectivity index (χ1n) is 9.43. The van der Waals surface area contributed by atoms with Crippen molar-refractivity contribution in [2.45, 2.75) is 51.5 Å². The molecular weight excluding hydrogens is 316 g/mol. The molecule has 6 rings (SSSR count). The Bertz CT molecular complexity index is 884. The van der Waals surface area contributed by atoms with Crippen molar-refractivity contribution in [3.8, 4) is 0 Å². The van der Waals surface area contributed by atoms with E-state index in [2.05, 4.69) is 15.0 Å². The van der Waals surface area contributed by atoms with Gasteiger partial charge in [-0.25, -0.2) is 9.50 Å². The van der Waals surface area contributed by atoms with Gasteiger partial charge in [0, 0.05) is 36.1 Å². The highest BCUT2D eigenvalue weighted by atomic mass is 16.2. The number of aryl methyl sites for hydroxylation is 1. The molecule has 132 valence electrons. The summed E-state index contributed by atoms with van der Waals surface area (Å²) in [6.45, 7) is 2.71. The van der Waals surface area contributed by atoms with Crippen LogP contribution in [0.25, 0.3) is 5.65 Å². The van der Waals surface area contributed by atoms with E-state index in [0.717, 1.165) is 31.2 Å². The van der Waals surface area contributed by atoms with E-state index in [1.165, 1.54) is 23.8 Å². The molecule has 1 amide bonds. The van der Waals surface area contributed by atoms with Crippen LogP contribution in [0.15, 0.2) is 17.1 Å². The van der Waals surface area contributed by atoms with E-state index in [4.69, 9.17) is 0 Å². The Morgan fingerprint density at radius 3 is 2.68 bits per heavy atom. The number of aromatic amines is 1. The molecule has 2 unspecified atom stereocenters. The van der Waals surface area contributed by atoms with E-state index < -0.39 is 0 Å². The van der Waals surface area contributed by atoms with Crippen LogP contribution in [-0.2, 0) is 11.2 Å². The van der Waals surface area contributed by atoms with Crippen LogP contribution in [0.2, 0.25) is 0 Å². The number of nitrogens with one attached hydrogen (secondary N) is 1. The van der Waals surface area contributed by atoms with Crippen molar-refractivity contribution in [3.63, 3.8) is 0 Å². The Hall–Kier alpha value is -2.11. The molecule has 25 heavy (non-hydrogen) atoms. The molecule has 2 aromatic rings. The maximum absolute atomic E-state index is 13.1. The maximum Gasteiger partial charge on any atom is 0.276 e. The molecule has 2 saturated heterocycles. The van der Waals surface area contributed by atoms with Crippen LogP contribution < -0.4 is 5.56 Å². The molecule has 2 saturated carbocycles. The number of rotatable bonds is 2. The molecule has 0 radical (unpaired) electrons. The van der Waals surface area contributed by atoms with Crippen LogP contribution in [0.1, 0.15) is 43.4 Å². The van der Waals surface area contributed by atoms with Crippen LogP contribution in [-0.4, -0.2) is 38.0 Å². The molecule has 4 heterocycles. The Balaban J connectivity index is 1.45. The minimum absolute atomic E-state index is 0.103. The van der Waals surface area contributed by atoms with Gasteiger partial charge in [-0.1, -0.05) is 0 Å². The number of aromatic nitrogens is 3. The van der Waals surface area contributed by atoms with Gasteiger partial charge >= 0.3 is 0 Å². The van der Waals surface area contributed by atoms with Gasteiger partial charge < -0.3 is 4.90 Å². The zero-order chi connectivity index (χ0) is 17.1. The maximum atomic E-state index is 13.1. The SMILES string of the molecule is Cc1nc2cc[nH]n2c(=O)c1CC(=O)N1CC2CC3CC(C2)CC1C3. The minimum Gasteiger partial charge on any atom is -0.339 e. The van der Waals surface area contributed by atoms with Gasteiger partial charge in [-0.05, 0) is 56.8 Å². The van der Waals surface area contributed by atoms with Crippen molar-refractivity contribution >= 4 is 11.6 Å². The lowest BCUT2D eigenvalue weighted by molar-refractivity contribution is -0.133. The topological polar surface area (TPSA) is 70.5 Å². The standard InChI is InChI=1S/C19H24N4O2/c1-11-16(19(25)23-17(21-11)2-3-20-23)9-18(24)22-10-14-5-12-4-13(6-14)8-15(22)7-12/h2-3,12-15,20H,4-10H2,1H3. The van der Waals surface area contributed by atoms with Gasteiger partial charge in [-0.3, -0.25) is 14.7 Å². The smallest absolute Gasteiger partial charge is 0.276 e. The van der Waals surface area contributed by atoms with E-state index in [1.54, 1.807) is 12.3 Å².